The predicted octanol–water partition coefficient (Wildman–Crippen LogP) is 3.75. The maximum absolute atomic E-state index is 14.0. The molecule has 0 saturated heterocycles. The van der Waals surface area contributed by atoms with Crippen molar-refractivity contribution in [1.29, 1.82) is 0 Å². The zero-order valence-electron chi connectivity index (χ0n) is 21.6. The average molecular weight is 515 g/mol. The van der Waals surface area contributed by atoms with E-state index in [9.17, 15) is 23.5 Å². The van der Waals surface area contributed by atoms with Crippen LogP contribution >= 0.6 is 0 Å². The van der Waals surface area contributed by atoms with Crippen LogP contribution in [0.2, 0.25) is 0 Å². The number of carbonyl (C=O) groups excluding carboxylic acids is 2. The Morgan fingerprint density at radius 3 is 2.73 bits per heavy atom. The van der Waals surface area contributed by atoms with E-state index in [0.29, 0.717) is 5.56 Å². The Bertz CT molecular complexity index is 1210. The number of fused-ring (bicyclic) bond motifs is 1. The number of amides is 3. The summed E-state index contributed by atoms with van der Waals surface area (Å²) in [5.74, 6) is 4.22. The smallest absolute Gasteiger partial charge is 0.321 e. The normalized spacial score (nSPS) is 18.1. The van der Waals surface area contributed by atoms with Crippen molar-refractivity contribution in [3.63, 3.8) is 0 Å². The van der Waals surface area contributed by atoms with Crippen LogP contribution in [-0.2, 0) is 0 Å². The summed E-state index contributed by atoms with van der Waals surface area (Å²) in [4.78, 5) is 33.4. The van der Waals surface area contributed by atoms with Crippen LogP contribution in [0.1, 0.15) is 43.6 Å². The second-order valence-corrected chi connectivity index (χ2v) is 9.56. The first-order valence-corrected chi connectivity index (χ1v) is 12.1. The van der Waals surface area contributed by atoms with Crippen LogP contribution in [0.3, 0.4) is 0 Å². The summed E-state index contributed by atoms with van der Waals surface area (Å²) in [7, 11) is 1.50. The van der Waals surface area contributed by atoms with E-state index in [1.54, 1.807) is 17.9 Å². The second-order valence-electron chi connectivity index (χ2n) is 9.56. The third kappa shape index (κ3) is 6.95. The number of carbonyl (C=O) groups is 2. The summed E-state index contributed by atoms with van der Waals surface area (Å²) in [6, 6.07) is 3.28. The Morgan fingerprint density at radius 1 is 1.32 bits per heavy atom. The van der Waals surface area contributed by atoms with Gasteiger partial charge < -0.3 is 25.0 Å². The van der Waals surface area contributed by atoms with E-state index in [4.69, 9.17) is 4.74 Å². The summed E-state index contributed by atoms with van der Waals surface area (Å²) in [5.41, 5.74) is 0.487. The third-order valence-electron chi connectivity index (χ3n) is 6.00. The lowest BCUT2D eigenvalue weighted by Gasteiger charge is -2.37. The number of urea groups is 1. The summed E-state index contributed by atoms with van der Waals surface area (Å²) < 4.78 is 33.7. The molecule has 1 aromatic carbocycles. The highest BCUT2D eigenvalue weighted by Gasteiger charge is 2.34. The fourth-order valence-corrected chi connectivity index (χ4v) is 3.77. The molecule has 0 saturated carbocycles. The van der Waals surface area contributed by atoms with Crippen molar-refractivity contribution in [2.24, 2.45) is 11.8 Å². The van der Waals surface area contributed by atoms with E-state index in [1.807, 2.05) is 20.8 Å². The number of hydrogen-bond donors (Lipinski definition) is 2. The molecule has 1 aliphatic heterocycles. The van der Waals surface area contributed by atoms with Crippen LogP contribution in [0, 0.1) is 35.3 Å². The van der Waals surface area contributed by atoms with Crippen LogP contribution in [0.25, 0.3) is 0 Å². The molecular weight excluding hydrogens is 482 g/mol. The fraction of sp³-hybridized carbons (Fsp3) is 0.444. The van der Waals surface area contributed by atoms with Gasteiger partial charge in [0, 0.05) is 43.3 Å². The van der Waals surface area contributed by atoms with Gasteiger partial charge in [0.2, 0.25) is 5.88 Å². The summed E-state index contributed by atoms with van der Waals surface area (Å²) in [6.45, 7) is 7.59. The highest BCUT2D eigenvalue weighted by Crippen LogP contribution is 2.27. The Balaban J connectivity index is 1.89. The number of ether oxygens (including phenoxy) is 1. The van der Waals surface area contributed by atoms with Gasteiger partial charge in [0.05, 0.1) is 24.9 Å². The molecule has 10 heteroatoms. The Hall–Kier alpha value is -3.71. The number of nitrogens with zero attached hydrogens (tertiary/aromatic N) is 3. The summed E-state index contributed by atoms with van der Waals surface area (Å²) in [5, 5.41) is 12.1. The molecule has 37 heavy (non-hydrogen) atoms. The van der Waals surface area contributed by atoms with Gasteiger partial charge in [-0.2, -0.15) is 0 Å². The number of hydrogen-bond acceptors (Lipinski definition) is 5. The van der Waals surface area contributed by atoms with Crippen molar-refractivity contribution in [2.75, 3.05) is 32.1 Å². The van der Waals surface area contributed by atoms with Gasteiger partial charge >= 0.3 is 6.03 Å². The van der Waals surface area contributed by atoms with Crippen molar-refractivity contribution in [2.45, 2.75) is 39.8 Å². The number of anilines is 1. The van der Waals surface area contributed by atoms with Gasteiger partial charge in [-0.1, -0.05) is 32.6 Å². The molecule has 0 bridgehead atoms. The monoisotopic (exact) mass is 514 g/mol. The highest BCUT2D eigenvalue weighted by molar-refractivity contribution is 5.97. The minimum atomic E-state index is -0.764. The molecule has 0 aliphatic carbocycles. The lowest BCUT2D eigenvalue weighted by Crippen LogP contribution is -2.50. The van der Waals surface area contributed by atoms with E-state index in [2.05, 4.69) is 22.1 Å². The third-order valence-corrected chi connectivity index (χ3v) is 6.00. The molecule has 0 radical (unpaired) electrons. The Labute approximate surface area is 215 Å². The van der Waals surface area contributed by atoms with Crippen molar-refractivity contribution in [3.8, 4) is 17.7 Å². The molecule has 3 rings (SSSR count). The lowest BCUT2D eigenvalue weighted by molar-refractivity contribution is 0.0356. The minimum absolute atomic E-state index is 0.0650. The average Bonchev–Trinajstić information content (AvgIpc) is 2.86. The van der Waals surface area contributed by atoms with Gasteiger partial charge in [-0.25, -0.2) is 18.6 Å². The molecule has 0 fully saturated rings. The van der Waals surface area contributed by atoms with Gasteiger partial charge in [0.15, 0.2) is 0 Å². The van der Waals surface area contributed by atoms with Crippen LogP contribution in [0.5, 0.6) is 5.88 Å². The number of rotatable bonds is 5. The quantitative estimate of drug-likeness (QED) is 0.593. The number of aromatic nitrogens is 1. The summed E-state index contributed by atoms with van der Waals surface area (Å²) in [6.07, 6.45) is 0.918. The van der Waals surface area contributed by atoms with E-state index >= 15 is 0 Å². The maximum atomic E-state index is 14.0. The molecule has 8 nitrogen and oxygen atoms in total. The Morgan fingerprint density at radius 2 is 2.05 bits per heavy atom. The van der Waals surface area contributed by atoms with Gasteiger partial charge in [0.1, 0.15) is 23.3 Å². The van der Waals surface area contributed by atoms with Gasteiger partial charge in [0.25, 0.3) is 5.91 Å². The first-order valence-electron chi connectivity index (χ1n) is 12.1. The Kier molecular flexibility index (Phi) is 9.05. The molecule has 198 valence electrons. The molecule has 2 aromatic rings. The molecule has 0 spiro atoms. The van der Waals surface area contributed by atoms with Crippen LogP contribution in [-0.4, -0.2) is 70.7 Å². The van der Waals surface area contributed by atoms with Crippen LogP contribution in [0.4, 0.5) is 19.3 Å². The number of aliphatic hydroxyl groups excluding tert-OH is 1. The van der Waals surface area contributed by atoms with Gasteiger partial charge in [-0.15, -0.1) is 0 Å². The van der Waals surface area contributed by atoms with Crippen molar-refractivity contribution in [3.05, 3.63) is 53.2 Å². The zero-order chi connectivity index (χ0) is 27.3. The van der Waals surface area contributed by atoms with Crippen molar-refractivity contribution in [1.82, 2.24) is 14.8 Å². The molecule has 0 unspecified atom stereocenters. The van der Waals surface area contributed by atoms with E-state index in [0.717, 1.165) is 18.2 Å². The van der Waals surface area contributed by atoms with Gasteiger partial charge in [-0.05, 0) is 25.1 Å². The SMILES string of the molecule is CC(C)C#Cc1cnc2c(c1)C(=O)N([C@H](C)CO)C[C@H](C)[C@@H](CN(C)C(=O)Nc1cc(F)ccc1F)O2. The number of benzene rings is 1. The maximum Gasteiger partial charge on any atom is 0.321 e. The minimum Gasteiger partial charge on any atom is -0.472 e. The molecule has 3 amide bonds. The van der Waals surface area contributed by atoms with Crippen molar-refractivity contribution < 1.29 is 28.2 Å². The fourth-order valence-electron chi connectivity index (χ4n) is 3.77. The molecule has 3 atom stereocenters. The standard InChI is InChI=1S/C27H32F2N4O4/c1-16(2)6-7-19-10-21-25(30-12-19)37-24(17(3)13-33(26(21)35)18(4)15-34)14-32(5)27(36)31-23-11-20(28)8-9-22(23)29/h8-12,16-18,24,34H,13-15H2,1-5H3,(H,31,36)/t17-,18+,24+/m0/s1. The van der Waals surface area contributed by atoms with Crippen LogP contribution in [0.15, 0.2) is 30.5 Å². The van der Waals surface area contributed by atoms with E-state index < -0.39 is 29.8 Å². The van der Waals surface area contributed by atoms with Crippen LogP contribution < -0.4 is 10.1 Å². The molecule has 1 aromatic heterocycles. The second kappa shape index (κ2) is 12.0. The predicted molar refractivity (Wildman–Crippen MR) is 135 cm³/mol. The highest BCUT2D eigenvalue weighted by atomic mass is 19.1. The lowest BCUT2D eigenvalue weighted by atomic mass is 10.00. The number of halogens is 2. The first-order chi connectivity index (χ1) is 17.5. The number of pyridine rings is 1. The van der Waals surface area contributed by atoms with E-state index in [-0.39, 0.29) is 54.6 Å². The number of nitrogens with one attached hydrogen (secondary N) is 1. The number of likely N-dealkylation sites (N-methyl/N-ethyl adjacent to an activating group) is 1. The number of aliphatic hydroxyl groups is 1. The van der Waals surface area contributed by atoms with E-state index in [1.165, 1.54) is 18.1 Å². The molecular formula is C27H32F2N4O4. The molecule has 1 aliphatic rings. The topological polar surface area (TPSA) is 95.0 Å². The first kappa shape index (κ1) is 27.9. The van der Waals surface area contributed by atoms with Gasteiger partial charge in [-0.3, -0.25) is 4.79 Å². The molecule has 2 N–H and O–H groups in total. The largest absolute Gasteiger partial charge is 0.472 e. The van der Waals surface area contributed by atoms with Crippen molar-refractivity contribution >= 4 is 17.6 Å². The summed E-state index contributed by atoms with van der Waals surface area (Å²) >= 11 is 0. The molecule has 2 heterocycles. The zero-order valence-corrected chi connectivity index (χ0v) is 21.6.